The van der Waals surface area contributed by atoms with Crippen LogP contribution in [0.25, 0.3) is 11.1 Å². The zero-order chi connectivity index (χ0) is 12.3. The third-order valence-corrected chi connectivity index (χ3v) is 2.42. The Morgan fingerprint density at radius 1 is 1.24 bits per heavy atom. The summed E-state index contributed by atoms with van der Waals surface area (Å²) in [5.74, 6) is -0.564. The number of benzene rings is 1. The summed E-state index contributed by atoms with van der Waals surface area (Å²) in [4.78, 5) is 15.0. The van der Waals surface area contributed by atoms with Crippen LogP contribution in [0.5, 0.6) is 5.75 Å². The number of carboxylic acid groups (broad SMARTS) is 1. The van der Waals surface area contributed by atoms with E-state index >= 15 is 0 Å². The van der Waals surface area contributed by atoms with Gasteiger partial charge >= 0.3 is 5.97 Å². The molecule has 2 rings (SSSR count). The fourth-order valence-corrected chi connectivity index (χ4v) is 1.66. The summed E-state index contributed by atoms with van der Waals surface area (Å²) in [7, 11) is 1.50. The second-order valence-electron chi connectivity index (χ2n) is 3.44. The average Bonchev–Trinajstić information content (AvgIpc) is 2.38. The first-order chi connectivity index (χ1) is 8.24. The van der Waals surface area contributed by atoms with Crippen LogP contribution < -0.4 is 4.74 Å². The molecule has 2 aromatic rings. The van der Waals surface area contributed by atoms with E-state index in [0.717, 1.165) is 5.56 Å². The number of carbonyl (C=O) groups is 1. The number of hydrogen-bond donors (Lipinski definition) is 1. The number of rotatable bonds is 3. The van der Waals surface area contributed by atoms with Crippen LogP contribution in [0.4, 0.5) is 0 Å². The summed E-state index contributed by atoms with van der Waals surface area (Å²) in [6, 6.07) is 9.24. The highest BCUT2D eigenvalue weighted by Crippen LogP contribution is 2.32. The molecule has 0 radical (unpaired) electrons. The minimum absolute atomic E-state index is 0.135. The Morgan fingerprint density at radius 2 is 1.94 bits per heavy atom. The Morgan fingerprint density at radius 3 is 2.53 bits per heavy atom. The van der Waals surface area contributed by atoms with Crippen molar-refractivity contribution in [3.05, 3.63) is 48.3 Å². The van der Waals surface area contributed by atoms with Crippen molar-refractivity contribution < 1.29 is 14.6 Å². The Labute approximate surface area is 98.5 Å². The maximum Gasteiger partial charge on any atom is 0.338 e. The smallest absolute Gasteiger partial charge is 0.338 e. The standard InChI is InChI=1S/C13H11NO3/c1-17-11-8-14-7-10(13(15)16)12(11)9-5-3-2-4-6-9/h2-8H,1H3,(H,15,16). The van der Waals surface area contributed by atoms with E-state index in [2.05, 4.69) is 4.98 Å². The fraction of sp³-hybridized carbons (Fsp3) is 0.0769. The van der Waals surface area contributed by atoms with Crippen molar-refractivity contribution in [3.8, 4) is 16.9 Å². The second-order valence-corrected chi connectivity index (χ2v) is 3.44. The monoisotopic (exact) mass is 229 g/mol. The van der Waals surface area contributed by atoms with Gasteiger partial charge in [0.05, 0.1) is 18.9 Å². The molecule has 0 saturated heterocycles. The number of nitrogens with zero attached hydrogens (tertiary/aromatic N) is 1. The van der Waals surface area contributed by atoms with Crippen LogP contribution in [0.2, 0.25) is 0 Å². The van der Waals surface area contributed by atoms with E-state index in [1.54, 1.807) is 0 Å². The highest BCUT2D eigenvalue weighted by Gasteiger charge is 2.16. The van der Waals surface area contributed by atoms with E-state index in [4.69, 9.17) is 9.84 Å². The van der Waals surface area contributed by atoms with Crippen molar-refractivity contribution in [2.75, 3.05) is 7.11 Å². The third-order valence-electron chi connectivity index (χ3n) is 2.42. The van der Waals surface area contributed by atoms with Crippen LogP contribution in [0.1, 0.15) is 10.4 Å². The predicted molar refractivity (Wildman–Crippen MR) is 63.2 cm³/mol. The highest BCUT2D eigenvalue weighted by atomic mass is 16.5. The van der Waals surface area contributed by atoms with E-state index < -0.39 is 5.97 Å². The third kappa shape index (κ3) is 2.10. The lowest BCUT2D eigenvalue weighted by atomic mass is 10.0. The molecule has 0 spiro atoms. The van der Waals surface area contributed by atoms with Gasteiger partial charge in [-0.1, -0.05) is 30.3 Å². The lowest BCUT2D eigenvalue weighted by Gasteiger charge is -2.10. The summed E-state index contributed by atoms with van der Waals surface area (Å²) in [6.45, 7) is 0. The fourth-order valence-electron chi connectivity index (χ4n) is 1.66. The van der Waals surface area contributed by atoms with Crippen molar-refractivity contribution in [3.63, 3.8) is 0 Å². The summed E-state index contributed by atoms with van der Waals surface area (Å²) < 4.78 is 5.16. The number of carboxylic acids is 1. The number of methoxy groups -OCH3 is 1. The second kappa shape index (κ2) is 4.65. The molecule has 4 heteroatoms. The Balaban J connectivity index is 2.69. The van der Waals surface area contributed by atoms with E-state index in [-0.39, 0.29) is 5.56 Å². The summed E-state index contributed by atoms with van der Waals surface area (Å²) in [5.41, 5.74) is 1.48. The van der Waals surface area contributed by atoms with Gasteiger partial charge in [0.2, 0.25) is 0 Å². The molecule has 0 atom stereocenters. The molecule has 0 aliphatic rings. The molecule has 0 fully saturated rings. The number of pyridine rings is 1. The lowest BCUT2D eigenvalue weighted by molar-refractivity contribution is 0.0697. The van der Waals surface area contributed by atoms with E-state index in [0.29, 0.717) is 11.3 Å². The number of hydrogen-bond acceptors (Lipinski definition) is 3. The molecule has 4 nitrogen and oxygen atoms in total. The van der Waals surface area contributed by atoms with Crippen LogP contribution in [0.3, 0.4) is 0 Å². The van der Waals surface area contributed by atoms with Gasteiger partial charge in [0.15, 0.2) is 0 Å². The van der Waals surface area contributed by atoms with Crippen molar-refractivity contribution in [1.29, 1.82) is 0 Å². The summed E-state index contributed by atoms with van der Waals surface area (Å²) >= 11 is 0. The largest absolute Gasteiger partial charge is 0.494 e. The first kappa shape index (κ1) is 11.1. The van der Waals surface area contributed by atoms with Crippen LogP contribution in [0.15, 0.2) is 42.7 Å². The molecule has 1 aromatic carbocycles. The molecule has 0 saturated carbocycles. The average molecular weight is 229 g/mol. The van der Waals surface area contributed by atoms with Crippen LogP contribution >= 0.6 is 0 Å². The van der Waals surface area contributed by atoms with Gasteiger partial charge in [0.1, 0.15) is 5.75 Å². The van der Waals surface area contributed by atoms with Crippen LogP contribution in [0, 0.1) is 0 Å². The number of aromatic carboxylic acids is 1. The van der Waals surface area contributed by atoms with Gasteiger partial charge in [-0.05, 0) is 5.56 Å². The summed E-state index contributed by atoms with van der Waals surface area (Å²) in [5, 5.41) is 9.15. The maximum absolute atomic E-state index is 11.2. The van der Waals surface area contributed by atoms with Crippen molar-refractivity contribution in [2.24, 2.45) is 0 Å². The molecule has 1 N–H and O–H groups in total. The molecular weight excluding hydrogens is 218 g/mol. The van der Waals surface area contributed by atoms with E-state index in [9.17, 15) is 4.79 Å². The summed E-state index contributed by atoms with van der Waals surface area (Å²) in [6.07, 6.45) is 2.84. The molecule has 0 amide bonds. The SMILES string of the molecule is COc1cncc(C(=O)O)c1-c1ccccc1. The Hall–Kier alpha value is -2.36. The topological polar surface area (TPSA) is 59.4 Å². The first-order valence-electron chi connectivity index (χ1n) is 5.04. The van der Waals surface area contributed by atoms with Gasteiger partial charge in [-0.2, -0.15) is 0 Å². The van der Waals surface area contributed by atoms with Gasteiger partial charge in [0, 0.05) is 11.8 Å². The van der Waals surface area contributed by atoms with Crippen molar-refractivity contribution in [1.82, 2.24) is 4.98 Å². The molecule has 0 bridgehead atoms. The molecule has 86 valence electrons. The Kier molecular flexibility index (Phi) is 3.05. The normalized spacial score (nSPS) is 9.94. The first-order valence-corrected chi connectivity index (χ1v) is 5.04. The van der Waals surface area contributed by atoms with Gasteiger partial charge in [-0.25, -0.2) is 4.79 Å². The van der Waals surface area contributed by atoms with Gasteiger partial charge in [0.25, 0.3) is 0 Å². The zero-order valence-electron chi connectivity index (χ0n) is 9.25. The van der Waals surface area contributed by atoms with Gasteiger partial charge < -0.3 is 9.84 Å². The van der Waals surface area contributed by atoms with Gasteiger partial charge in [-0.15, -0.1) is 0 Å². The lowest BCUT2D eigenvalue weighted by Crippen LogP contribution is -2.02. The molecule has 0 unspecified atom stereocenters. The van der Waals surface area contributed by atoms with Crippen molar-refractivity contribution in [2.45, 2.75) is 0 Å². The van der Waals surface area contributed by atoms with Gasteiger partial charge in [-0.3, -0.25) is 4.98 Å². The highest BCUT2D eigenvalue weighted by molar-refractivity contribution is 5.97. The predicted octanol–water partition coefficient (Wildman–Crippen LogP) is 2.46. The minimum Gasteiger partial charge on any atom is -0.494 e. The molecular formula is C13H11NO3. The van der Waals surface area contributed by atoms with E-state index in [1.807, 2.05) is 30.3 Å². The van der Waals surface area contributed by atoms with E-state index in [1.165, 1.54) is 19.5 Å². The minimum atomic E-state index is -1.02. The molecule has 17 heavy (non-hydrogen) atoms. The van der Waals surface area contributed by atoms with Crippen LogP contribution in [-0.2, 0) is 0 Å². The maximum atomic E-state index is 11.2. The Bertz CT molecular complexity index is 538. The molecule has 0 aliphatic carbocycles. The zero-order valence-corrected chi connectivity index (χ0v) is 9.25. The molecule has 1 heterocycles. The number of ether oxygens (including phenoxy) is 1. The molecule has 0 aliphatic heterocycles. The molecule has 1 aromatic heterocycles. The van der Waals surface area contributed by atoms with Crippen molar-refractivity contribution >= 4 is 5.97 Å². The quantitative estimate of drug-likeness (QED) is 0.878. The number of aromatic nitrogens is 1. The van der Waals surface area contributed by atoms with Crippen LogP contribution in [-0.4, -0.2) is 23.2 Å².